The van der Waals surface area contributed by atoms with Crippen molar-refractivity contribution in [2.24, 2.45) is 5.92 Å². The number of carbonyl (C=O) groups excluding carboxylic acids is 1. The molecule has 1 aliphatic rings. The molecule has 5 heteroatoms. The van der Waals surface area contributed by atoms with E-state index in [0.29, 0.717) is 13.1 Å². The lowest BCUT2D eigenvalue weighted by Gasteiger charge is -2.26. The lowest BCUT2D eigenvalue weighted by atomic mass is 9.91. The van der Waals surface area contributed by atoms with Crippen LogP contribution in [0.1, 0.15) is 44.4 Å². The summed E-state index contributed by atoms with van der Waals surface area (Å²) in [5.41, 5.74) is 1.35. The van der Waals surface area contributed by atoms with Gasteiger partial charge in [-0.1, -0.05) is 6.07 Å². The SMILES string of the molecule is CNC(c1cc(C)cc(F)c1)C1CCN(C(=O)OC(C)(C)C)C1. The van der Waals surface area contributed by atoms with E-state index in [1.54, 1.807) is 11.0 Å². The Morgan fingerprint density at radius 3 is 2.65 bits per heavy atom. The first-order valence-electron chi connectivity index (χ1n) is 8.12. The van der Waals surface area contributed by atoms with Gasteiger partial charge in [-0.25, -0.2) is 9.18 Å². The standard InChI is InChI=1S/C18H27FN2O2/c1-12-8-14(10-15(19)9-12)16(20-5)13-6-7-21(11-13)17(22)23-18(2,3)4/h8-10,13,16,20H,6-7,11H2,1-5H3. The summed E-state index contributed by atoms with van der Waals surface area (Å²) < 4.78 is 19.1. The van der Waals surface area contributed by atoms with Crippen LogP contribution in [0.15, 0.2) is 18.2 Å². The van der Waals surface area contributed by atoms with Gasteiger partial charge in [-0.2, -0.15) is 0 Å². The molecule has 0 spiro atoms. The van der Waals surface area contributed by atoms with Crippen LogP contribution in [0.3, 0.4) is 0 Å². The molecule has 1 amide bonds. The Balaban J connectivity index is 2.08. The lowest BCUT2D eigenvalue weighted by Crippen LogP contribution is -2.36. The average molecular weight is 322 g/mol. The van der Waals surface area contributed by atoms with E-state index < -0.39 is 5.60 Å². The van der Waals surface area contributed by atoms with E-state index in [4.69, 9.17) is 4.74 Å². The molecule has 1 fully saturated rings. The Morgan fingerprint density at radius 2 is 2.09 bits per heavy atom. The molecule has 23 heavy (non-hydrogen) atoms. The zero-order valence-electron chi connectivity index (χ0n) is 14.6. The van der Waals surface area contributed by atoms with Crippen molar-refractivity contribution in [3.8, 4) is 0 Å². The molecule has 0 bridgehead atoms. The molecule has 128 valence electrons. The Bertz CT molecular complexity index is 548. The molecule has 1 aliphatic heterocycles. The van der Waals surface area contributed by atoms with Crippen molar-refractivity contribution < 1.29 is 13.9 Å². The maximum atomic E-state index is 13.7. The normalized spacial score (nSPS) is 19.7. The first-order chi connectivity index (χ1) is 10.7. The molecule has 1 aromatic carbocycles. The highest BCUT2D eigenvalue weighted by atomic mass is 19.1. The minimum absolute atomic E-state index is 0.0248. The van der Waals surface area contributed by atoms with Crippen molar-refractivity contribution in [1.82, 2.24) is 10.2 Å². The maximum absolute atomic E-state index is 13.7. The van der Waals surface area contributed by atoms with Gasteiger partial charge < -0.3 is 15.0 Å². The summed E-state index contributed by atoms with van der Waals surface area (Å²) in [7, 11) is 1.88. The number of rotatable bonds is 3. The second-order valence-electron chi connectivity index (χ2n) is 7.30. The number of nitrogens with one attached hydrogen (secondary N) is 1. The van der Waals surface area contributed by atoms with E-state index in [9.17, 15) is 9.18 Å². The summed E-state index contributed by atoms with van der Waals surface area (Å²) in [6, 6.07) is 5.12. The van der Waals surface area contributed by atoms with Crippen LogP contribution in [-0.2, 0) is 4.74 Å². The highest BCUT2D eigenvalue weighted by Gasteiger charge is 2.34. The van der Waals surface area contributed by atoms with E-state index in [1.165, 1.54) is 6.07 Å². The predicted molar refractivity (Wildman–Crippen MR) is 88.9 cm³/mol. The van der Waals surface area contributed by atoms with Crippen molar-refractivity contribution in [2.45, 2.75) is 45.8 Å². The van der Waals surface area contributed by atoms with E-state index in [-0.39, 0.29) is 23.9 Å². The van der Waals surface area contributed by atoms with Crippen molar-refractivity contribution >= 4 is 6.09 Å². The molecule has 0 saturated carbocycles. The van der Waals surface area contributed by atoms with Crippen LogP contribution in [0.4, 0.5) is 9.18 Å². The summed E-state index contributed by atoms with van der Waals surface area (Å²) >= 11 is 0. The summed E-state index contributed by atoms with van der Waals surface area (Å²) in [6.07, 6.45) is 0.602. The van der Waals surface area contributed by atoms with E-state index in [2.05, 4.69) is 5.32 Å². The second-order valence-corrected chi connectivity index (χ2v) is 7.30. The number of aryl methyl sites for hydroxylation is 1. The number of halogens is 1. The van der Waals surface area contributed by atoms with Crippen LogP contribution < -0.4 is 5.32 Å². The lowest BCUT2D eigenvalue weighted by molar-refractivity contribution is 0.0285. The number of amides is 1. The predicted octanol–water partition coefficient (Wildman–Crippen LogP) is 3.65. The number of nitrogens with zero attached hydrogens (tertiary/aromatic N) is 1. The molecule has 1 N–H and O–H groups in total. The van der Waals surface area contributed by atoms with Gasteiger partial charge in [0.15, 0.2) is 0 Å². The molecular weight excluding hydrogens is 295 g/mol. The minimum Gasteiger partial charge on any atom is -0.444 e. The molecule has 0 aliphatic carbocycles. The molecule has 0 aromatic heterocycles. The Labute approximate surface area is 138 Å². The Kier molecular flexibility index (Phi) is 5.30. The third-order valence-electron chi connectivity index (χ3n) is 4.08. The van der Waals surface area contributed by atoms with E-state index >= 15 is 0 Å². The average Bonchev–Trinajstić information content (AvgIpc) is 2.86. The van der Waals surface area contributed by atoms with Gasteiger partial charge in [0.25, 0.3) is 0 Å². The molecule has 2 rings (SSSR count). The zero-order valence-corrected chi connectivity index (χ0v) is 14.6. The van der Waals surface area contributed by atoms with Gasteiger partial charge in [-0.3, -0.25) is 0 Å². The van der Waals surface area contributed by atoms with Gasteiger partial charge in [0.2, 0.25) is 0 Å². The van der Waals surface area contributed by atoms with Crippen LogP contribution in [-0.4, -0.2) is 36.7 Å². The van der Waals surface area contributed by atoms with E-state index in [0.717, 1.165) is 17.5 Å². The number of hydrogen-bond donors (Lipinski definition) is 1. The maximum Gasteiger partial charge on any atom is 0.410 e. The molecule has 0 radical (unpaired) electrons. The van der Waals surface area contributed by atoms with Crippen molar-refractivity contribution in [3.63, 3.8) is 0 Å². The fourth-order valence-corrected chi connectivity index (χ4v) is 3.17. The monoisotopic (exact) mass is 322 g/mol. The van der Waals surface area contributed by atoms with Crippen LogP contribution in [0, 0.1) is 18.7 Å². The second kappa shape index (κ2) is 6.87. The zero-order chi connectivity index (χ0) is 17.2. The number of likely N-dealkylation sites (tertiary alicyclic amines) is 1. The molecular formula is C18H27FN2O2. The molecule has 1 saturated heterocycles. The highest BCUT2D eigenvalue weighted by molar-refractivity contribution is 5.68. The fraction of sp³-hybridized carbons (Fsp3) is 0.611. The topological polar surface area (TPSA) is 41.6 Å². The van der Waals surface area contributed by atoms with Gasteiger partial charge in [-0.05, 0) is 70.3 Å². The van der Waals surface area contributed by atoms with Crippen molar-refractivity contribution in [3.05, 3.63) is 35.1 Å². The van der Waals surface area contributed by atoms with Gasteiger partial charge in [0.05, 0.1) is 0 Å². The summed E-state index contributed by atoms with van der Waals surface area (Å²) in [5, 5.41) is 3.28. The summed E-state index contributed by atoms with van der Waals surface area (Å²) in [4.78, 5) is 13.9. The third-order valence-corrected chi connectivity index (χ3v) is 4.08. The van der Waals surface area contributed by atoms with Crippen LogP contribution in [0.2, 0.25) is 0 Å². The fourth-order valence-electron chi connectivity index (χ4n) is 3.17. The minimum atomic E-state index is -0.489. The summed E-state index contributed by atoms with van der Waals surface area (Å²) in [5.74, 6) is 0.0240. The van der Waals surface area contributed by atoms with E-state index in [1.807, 2.05) is 40.8 Å². The highest BCUT2D eigenvalue weighted by Crippen LogP contribution is 2.31. The molecule has 2 unspecified atom stereocenters. The third kappa shape index (κ3) is 4.67. The number of hydrogen-bond acceptors (Lipinski definition) is 3. The molecule has 1 heterocycles. The smallest absolute Gasteiger partial charge is 0.410 e. The Morgan fingerprint density at radius 1 is 1.39 bits per heavy atom. The quantitative estimate of drug-likeness (QED) is 0.923. The van der Waals surface area contributed by atoms with Crippen LogP contribution in [0.25, 0.3) is 0 Å². The number of ether oxygens (including phenoxy) is 1. The number of carbonyl (C=O) groups is 1. The molecule has 4 nitrogen and oxygen atoms in total. The first kappa shape index (κ1) is 17.7. The van der Waals surface area contributed by atoms with Gasteiger partial charge in [0.1, 0.15) is 11.4 Å². The van der Waals surface area contributed by atoms with Crippen LogP contribution >= 0.6 is 0 Å². The van der Waals surface area contributed by atoms with Gasteiger partial charge in [-0.15, -0.1) is 0 Å². The van der Waals surface area contributed by atoms with Crippen LogP contribution in [0.5, 0.6) is 0 Å². The molecule has 1 aromatic rings. The number of benzene rings is 1. The van der Waals surface area contributed by atoms with Gasteiger partial charge >= 0.3 is 6.09 Å². The molecule has 2 atom stereocenters. The van der Waals surface area contributed by atoms with Crippen molar-refractivity contribution in [2.75, 3.05) is 20.1 Å². The summed E-state index contributed by atoms with van der Waals surface area (Å²) in [6.45, 7) is 8.78. The van der Waals surface area contributed by atoms with Crippen molar-refractivity contribution in [1.29, 1.82) is 0 Å². The first-order valence-corrected chi connectivity index (χ1v) is 8.12. The van der Waals surface area contributed by atoms with Gasteiger partial charge in [0, 0.05) is 19.1 Å². The largest absolute Gasteiger partial charge is 0.444 e. The Hall–Kier alpha value is -1.62.